The summed E-state index contributed by atoms with van der Waals surface area (Å²) in [6.45, 7) is 4.60. The lowest BCUT2D eigenvalue weighted by Crippen LogP contribution is -2.37. The molecule has 82 valence electrons. The Kier molecular flexibility index (Phi) is 3.11. The van der Waals surface area contributed by atoms with Crippen LogP contribution >= 0.6 is 0 Å². The Labute approximate surface area is 88.1 Å². The van der Waals surface area contributed by atoms with Gasteiger partial charge in [0, 0.05) is 19.5 Å². The summed E-state index contributed by atoms with van der Waals surface area (Å²) in [6.07, 6.45) is 1.97. The minimum absolute atomic E-state index is 0.353. The van der Waals surface area contributed by atoms with Crippen LogP contribution in [-0.2, 0) is 11.2 Å². The molecule has 0 saturated carbocycles. The first-order valence-electron chi connectivity index (χ1n) is 5.15. The molecule has 1 aromatic rings. The van der Waals surface area contributed by atoms with Gasteiger partial charge in [-0.05, 0) is 0 Å². The van der Waals surface area contributed by atoms with Crippen LogP contribution in [0.2, 0.25) is 0 Å². The molecule has 2 heterocycles. The van der Waals surface area contributed by atoms with Gasteiger partial charge in [0.25, 0.3) is 0 Å². The summed E-state index contributed by atoms with van der Waals surface area (Å²) in [5, 5.41) is 0. The van der Waals surface area contributed by atoms with Gasteiger partial charge in [-0.3, -0.25) is 0 Å². The van der Waals surface area contributed by atoms with Crippen molar-refractivity contribution in [1.82, 2.24) is 9.97 Å². The van der Waals surface area contributed by atoms with E-state index in [1.54, 1.807) is 0 Å². The Balaban J connectivity index is 2.24. The maximum absolute atomic E-state index is 13.5. The van der Waals surface area contributed by atoms with E-state index in [4.69, 9.17) is 4.74 Å². The van der Waals surface area contributed by atoms with Gasteiger partial charge < -0.3 is 9.64 Å². The van der Waals surface area contributed by atoms with Gasteiger partial charge in [-0.2, -0.15) is 0 Å². The fourth-order valence-electron chi connectivity index (χ4n) is 1.56. The standard InChI is InChI=1S/C10H14FN3O/c1-2-9-12-7-8(11)10(13-9)14-3-5-15-6-4-14/h7H,2-6H2,1H3. The highest BCUT2D eigenvalue weighted by molar-refractivity contribution is 5.39. The number of hydrogen-bond donors (Lipinski definition) is 0. The van der Waals surface area contributed by atoms with Crippen LogP contribution in [0.3, 0.4) is 0 Å². The molecule has 1 aliphatic rings. The molecule has 1 aromatic heterocycles. The first-order chi connectivity index (χ1) is 7.31. The summed E-state index contributed by atoms with van der Waals surface area (Å²) in [7, 11) is 0. The predicted molar refractivity (Wildman–Crippen MR) is 54.4 cm³/mol. The molecule has 4 nitrogen and oxygen atoms in total. The fraction of sp³-hybridized carbons (Fsp3) is 0.600. The van der Waals surface area contributed by atoms with Crippen LogP contribution in [0, 0.1) is 5.82 Å². The zero-order chi connectivity index (χ0) is 10.7. The van der Waals surface area contributed by atoms with Crippen molar-refractivity contribution in [3.05, 3.63) is 17.8 Å². The molecule has 1 fully saturated rings. The molecule has 1 aliphatic heterocycles. The second-order valence-corrected chi connectivity index (χ2v) is 3.41. The van der Waals surface area contributed by atoms with Crippen molar-refractivity contribution >= 4 is 5.82 Å². The third-order valence-electron chi connectivity index (χ3n) is 2.40. The third-order valence-corrected chi connectivity index (χ3v) is 2.40. The van der Waals surface area contributed by atoms with Gasteiger partial charge in [0.1, 0.15) is 5.82 Å². The molecule has 0 radical (unpaired) electrons. The molecule has 0 N–H and O–H groups in total. The first kappa shape index (κ1) is 10.3. The number of ether oxygens (including phenoxy) is 1. The van der Waals surface area contributed by atoms with E-state index in [9.17, 15) is 4.39 Å². The Morgan fingerprint density at radius 3 is 2.87 bits per heavy atom. The highest BCUT2D eigenvalue weighted by Gasteiger charge is 2.17. The summed E-state index contributed by atoms with van der Waals surface area (Å²) >= 11 is 0. The minimum Gasteiger partial charge on any atom is -0.378 e. The molecule has 1 saturated heterocycles. The molecule has 0 aromatic carbocycles. The average Bonchev–Trinajstić information content (AvgIpc) is 2.31. The predicted octanol–water partition coefficient (Wildman–Crippen LogP) is 1.01. The summed E-state index contributed by atoms with van der Waals surface area (Å²) in [5.74, 6) is 0.733. The third kappa shape index (κ3) is 2.23. The van der Waals surface area contributed by atoms with Crippen LogP contribution in [0.25, 0.3) is 0 Å². The van der Waals surface area contributed by atoms with E-state index in [-0.39, 0.29) is 5.82 Å². The van der Waals surface area contributed by atoms with E-state index < -0.39 is 0 Å². The zero-order valence-electron chi connectivity index (χ0n) is 8.74. The van der Waals surface area contributed by atoms with Crippen LogP contribution in [0.5, 0.6) is 0 Å². The molecule has 2 rings (SSSR count). The molecule has 5 heteroatoms. The highest BCUT2D eigenvalue weighted by atomic mass is 19.1. The van der Waals surface area contributed by atoms with Crippen molar-refractivity contribution in [3.8, 4) is 0 Å². The smallest absolute Gasteiger partial charge is 0.183 e. The molecular weight excluding hydrogens is 197 g/mol. The normalized spacial score (nSPS) is 16.8. The minimum atomic E-state index is -0.353. The van der Waals surface area contributed by atoms with Gasteiger partial charge in [0.05, 0.1) is 19.4 Å². The van der Waals surface area contributed by atoms with Gasteiger partial charge in [0.2, 0.25) is 0 Å². The SMILES string of the molecule is CCc1ncc(F)c(N2CCOCC2)n1. The van der Waals surface area contributed by atoms with E-state index >= 15 is 0 Å². The largest absolute Gasteiger partial charge is 0.378 e. The summed E-state index contributed by atoms with van der Waals surface area (Å²) < 4.78 is 18.7. The number of nitrogens with zero attached hydrogens (tertiary/aromatic N) is 3. The molecule has 0 unspecified atom stereocenters. The molecule has 0 spiro atoms. The van der Waals surface area contributed by atoms with Crippen molar-refractivity contribution in [2.75, 3.05) is 31.2 Å². The fourth-order valence-corrected chi connectivity index (χ4v) is 1.56. The Bertz CT molecular complexity index is 339. The number of rotatable bonds is 2. The van der Waals surface area contributed by atoms with E-state index in [2.05, 4.69) is 9.97 Å². The number of morpholine rings is 1. The second kappa shape index (κ2) is 4.53. The van der Waals surface area contributed by atoms with E-state index in [1.807, 2.05) is 11.8 Å². The van der Waals surface area contributed by atoms with Crippen LogP contribution in [0.4, 0.5) is 10.2 Å². The summed E-state index contributed by atoms with van der Waals surface area (Å²) in [6, 6.07) is 0. The Hall–Kier alpha value is -1.23. The molecule has 0 bridgehead atoms. The average molecular weight is 211 g/mol. The van der Waals surface area contributed by atoms with Gasteiger partial charge in [-0.1, -0.05) is 6.92 Å². The molecular formula is C10H14FN3O. The van der Waals surface area contributed by atoms with Crippen LogP contribution in [0.15, 0.2) is 6.20 Å². The molecule has 0 amide bonds. The van der Waals surface area contributed by atoms with Crippen molar-refractivity contribution in [2.45, 2.75) is 13.3 Å². The maximum atomic E-state index is 13.5. The van der Waals surface area contributed by atoms with Crippen LogP contribution < -0.4 is 4.90 Å². The Morgan fingerprint density at radius 2 is 2.20 bits per heavy atom. The molecule has 15 heavy (non-hydrogen) atoms. The van der Waals surface area contributed by atoms with E-state index in [0.717, 1.165) is 6.42 Å². The van der Waals surface area contributed by atoms with Gasteiger partial charge in [0.15, 0.2) is 11.6 Å². The lowest BCUT2D eigenvalue weighted by Gasteiger charge is -2.28. The van der Waals surface area contributed by atoms with Crippen molar-refractivity contribution < 1.29 is 9.13 Å². The number of anilines is 1. The zero-order valence-corrected chi connectivity index (χ0v) is 8.74. The van der Waals surface area contributed by atoms with Gasteiger partial charge >= 0.3 is 0 Å². The second-order valence-electron chi connectivity index (χ2n) is 3.41. The van der Waals surface area contributed by atoms with Crippen LogP contribution in [0.1, 0.15) is 12.7 Å². The Morgan fingerprint density at radius 1 is 1.47 bits per heavy atom. The highest BCUT2D eigenvalue weighted by Crippen LogP contribution is 2.16. The summed E-state index contributed by atoms with van der Waals surface area (Å²) in [5.41, 5.74) is 0. The molecule has 0 atom stereocenters. The van der Waals surface area contributed by atoms with Crippen molar-refractivity contribution in [3.63, 3.8) is 0 Å². The topological polar surface area (TPSA) is 38.2 Å². The van der Waals surface area contributed by atoms with E-state index in [1.165, 1.54) is 6.20 Å². The van der Waals surface area contributed by atoms with Crippen molar-refractivity contribution in [2.24, 2.45) is 0 Å². The van der Waals surface area contributed by atoms with Gasteiger partial charge in [-0.25, -0.2) is 14.4 Å². The number of aromatic nitrogens is 2. The van der Waals surface area contributed by atoms with E-state index in [0.29, 0.717) is 37.9 Å². The number of halogens is 1. The van der Waals surface area contributed by atoms with Gasteiger partial charge in [-0.15, -0.1) is 0 Å². The monoisotopic (exact) mass is 211 g/mol. The van der Waals surface area contributed by atoms with Crippen LogP contribution in [-0.4, -0.2) is 36.3 Å². The number of hydrogen-bond acceptors (Lipinski definition) is 4. The first-order valence-corrected chi connectivity index (χ1v) is 5.15. The van der Waals surface area contributed by atoms with Crippen molar-refractivity contribution in [1.29, 1.82) is 0 Å². The lowest BCUT2D eigenvalue weighted by molar-refractivity contribution is 0.122. The molecule has 0 aliphatic carbocycles. The quantitative estimate of drug-likeness (QED) is 0.732. The summed E-state index contributed by atoms with van der Waals surface area (Å²) in [4.78, 5) is 10.0. The maximum Gasteiger partial charge on any atom is 0.183 e. The lowest BCUT2D eigenvalue weighted by atomic mass is 10.3. The number of aryl methyl sites for hydroxylation is 1.